The number of allylic oxidation sites excluding steroid dienone is 1. The molecule has 3 rings (SSSR count). The average molecular weight is 474 g/mol. The zero-order valence-electron chi connectivity index (χ0n) is 15.1. The van der Waals surface area contributed by atoms with Gasteiger partial charge in [-0.15, -0.1) is 0 Å². The Kier molecular flexibility index (Phi) is 6.28. The quantitative estimate of drug-likeness (QED) is 0.287. The number of ketones is 1. The molecule has 0 amide bonds. The maximum Gasteiger partial charge on any atom is 0.189 e. The average Bonchev–Trinajstić information content (AvgIpc) is 3.12. The van der Waals surface area contributed by atoms with Crippen LogP contribution in [0.4, 0.5) is 0 Å². The van der Waals surface area contributed by atoms with Crippen LogP contribution in [-0.2, 0) is 13.7 Å². The molecule has 1 heterocycles. The summed E-state index contributed by atoms with van der Waals surface area (Å²) in [7, 11) is 3.41. The lowest BCUT2D eigenvalue weighted by molar-refractivity contribution is 0.104. The highest BCUT2D eigenvalue weighted by atomic mass is 127. The van der Waals surface area contributed by atoms with Crippen molar-refractivity contribution < 1.29 is 14.3 Å². The van der Waals surface area contributed by atoms with Crippen molar-refractivity contribution in [2.45, 2.75) is 6.61 Å². The number of methoxy groups -OCH3 is 1. The highest BCUT2D eigenvalue weighted by Crippen LogP contribution is 2.23. The van der Waals surface area contributed by atoms with Crippen LogP contribution >= 0.6 is 22.6 Å². The zero-order valence-corrected chi connectivity index (χ0v) is 17.2. The Morgan fingerprint density at radius 2 is 2.00 bits per heavy atom. The summed E-state index contributed by atoms with van der Waals surface area (Å²) >= 11 is 2.26. The number of carbonyl (C=O) groups excluding carboxylic acids is 1. The standard InChI is InChI=1S/C21H19IN2O3/c1-24-13-17(12-23-24)20(25)9-3-15-4-10-21(26-2)16(11-15)14-27-19-7-5-18(22)6-8-19/h3-13H,14H2,1-2H3/b9-3+. The lowest BCUT2D eigenvalue weighted by Gasteiger charge is -2.11. The fourth-order valence-corrected chi connectivity index (χ4v) is 2.88. The van der Waals surface area contributed by atoms with Crippen LogP contribution < -0.4 is 9.47 Å². The Labute approximate surface area is 171 Å². The topological polar surface area (TPSA) is 53.3 Å². The second kappa shape index (κ2) is 8.85. The van der Waals surface area contributed by atoms with Gasteiger partial charge in [-0.3, -0.25) is 9.48 Å². The van der Waals surface area contributed by atoms with Crippen molar-refractivity contribution in [1.82, 2.24) is 9.78 Å². The summed E-state index contributed by atoms with van der Waals surface area (Å²) in [6.07, 6.45) is 6.58. The summed E-state index contributed by atoms with van der Waals surface area (Å²) in [5.74, 6) is 1.46. The molecule has 6 heteroatoms. The third kappa shape index (κ3) is 5.19. The van der Waals surface area contributed by atoms with Gasteiger partial charge in [0.2, 0.25) is 0 Å². The number of halogens is 1. The first kappa shape index (κ1) is 19.2. The van der Waals surface area contributed by atoms with Gasteiger partial charge >= 0.3 is 0 Å². The van der Waals surface area contributed by atoms with Gasteiger partial charge in [-0.05, 0) is 70.6 Å². The maximum absolute atomic E-state index is 12.2. The second-order valence-electron chi connectivity index (χ2n) is 5.91. The molecule has 0 N–H and O–H groups in total. The van der Waals surface area contributed by atoms with Crippen molar-refractivity contribution >= 4 is 34.5 Å². The maximum atomic E-state index is 12.2. The predicted octanol–water partition coefficient (Wildman–Crippen LogP) is 4.51. The minimum Gasteiger partial charge on any atom is -0.496 e. The van der Waals surface area contributed by atoms with E-state index in [0.29, 0.717) is 12.2 Å². The first-order chi connectivity index (χ1) is 13.0. The van der Waals surface area contributed by atoms with E-state index in [1.54, 1.807) is 43.4 Å². The van der Waals surface area contributed by atoms with Crippen LogP contribution in [0.15, 0.2) is 60.9 Å². The predicted molar refractivity (Wildman–Crippen MR) is 113 cm³/mol. The first-order valence-electron chi connectivity index (χ1n) is 8.31. The van der Waals surface area contributed by atoms with Crippen LogP contribution in [0.5, 0.6) is 11.5 Å². The molecule has 0 aliphatic heterocycles. The normalized spacial score (nSPS) is 10.9. The van der Waals surface area contributed by atoms with Gasteiger partial charge in [0.25, 0.3) is 0 Å². The number of nitrogens with zero attached hydrogens (tertiary/aromatic N) is 2. The van der Waals surface area contributed by atoms with Gasteiger partial charge < -0.3 is 9.47 Å². The summed E-state index contributed by atoms with van der Waals surface area (Å²) in [5.41, 5.74) is 2.37. The van der Waals surface area contributed by atoms with E-state index < -0.39 is 0 Å². The number of carbonyl (C=O) groups is 1. The highest BCUT2D eigenvalue weighted by molar-refractivity contribution is 14.1. The molecule has 0 atom stereocenters. The summed E-state index contributed by atoms with van der Waals surface area (Å²) in [5, 5.41) is 4.02. The third-order valence-electron chi connectivity index (χ3n) is 3.93. The molecule has 0 unspecified atom stereocenters. The minimum atomic E-state index is -0.0874. The number of ether oxygens (including phenoxy) is 2. The number of benzene rings is 2. The summed E-state index contributed by atoms with van der Waals surface area (Å²) in [4.78, 5) is 12.2. The molecule has 0 spiro atoms. The van der Waals surface area contributed by atoms with Gasteiger partial charge in [0.05, 0.1) is 18.9 Å². The lowest BCUT2D eigenvalue weighted by Crippen LogP contribution is -1.99. The Hall–Kier alpha value is -2.61. The van der Waals surface area contributed by atoms with E-state index in [1.165, 1.54) is 0 Å². The summed E-state index contributed by atoms with van der Waals surface area (Å²) in [6.45, 7) is 0.377. The number of aryl methyl sites for hydroxylation is 1. The van der Waals surface area contributed by atoms with E-state index in [4.69, 9.17) is 9.47 Å². The Balaban J connectivity index is 1.73. The summed E-state index contributed by atoms with van der Waals surface area (Å²) < 4.78 is 14.0. The zero-order chi connectivity index (χ0) is 19.2. The van der Waals surface area contributed by atoms with Crippen molar-refractivity contribution in [3.63, 3.8) is 0 Å². The fourth-order valence-electron chi connectivity index (χ4n) is 2.52. The SMILES string of the molecule is COc1ccc(/C=C/C(=O)c2cnn(C)c2)cc1COc1ccc(I)cc1. The van der Waals surface area contributed by atoms with E-state index in [0.717, 1.165) is 26.2 Å². The van der Waals surface area contributed by atoms with Crippen molar-refractivity contribution in [2.75, 3.05) is 7.11 Å². The van der Waals surface area contributed by atoms with Gasteiger partial charge in [0, 0.05) is 22.4 Å². The van der Waals surface area contributed by atoms with E-state index in [9.17, 15) is 4.79 Å². The summed E-state index contributed by atoms with van der Waals surface area (Å²) in [6, 6.07) is 13.6. The first-order valence-corrected chi connectivity index (χ1v) is 9.39. The number of aromatic nitrogens is 2. The van der Waals surface area contributed by atoms with Gasteiger partial charge in [0.15, 0.2) is 5.78 Å². The molecule has 0 saturated heterocycles. The van der Waals surface area contributed by atoms with E-state index >= 15 is 0 Å². The molecular formula is C21H19IN2O3. The second-order valence-corrected chi connectivity index (χ2v) is 7.16. The van der Waals surface area contributed by atoms with E-state index in [1.807, 2.05) is 42.5 Å². The molecule has 0 saturated carbocycles. The molecule has 0 fully saturated rings. The molecule has 0 bridgehead atoms. The van der Waals surface area contributed by atoms with Crippen LogP contribution in [0.3, 0.4) is 0 Å². The van der Waals surface area contributed by atoms with E-state index in [2.05, 4.69) is 27.7 Å². The molecule has 138 valence electrons. The van der Waals surface area contributed by atoms with Crippen molar-refractivity contribution in [1.29, 1.82) is 0 Å². The monoisotopic (exact) mass is 474 g/mol. The van der Waals surface area contributed by atoms with Crippen LogP contribution in [0, 0.1) is 3.57 Å². The molecule has 1 aromatic heterocycles. The molecule has 0 radical (unpaired) electrons. The van der Waals surface area contributed by atoms with Crippen LogP contribution in [0.2, 0.25) is 0 Å². The third-order valence-corrected chi connectivity index (χ3v) is 4.65. The molecule has 5 nitrogen and oxygen atoms in total. The number of rotatable bonds is 7. The van der Waals surface area contributed by atoms with Gasteiger partial charge in [0.1, 0.15) is 18.1 Å². The Morgan fingerprint density at radius 3 is 2.67 bits per heavy atom. The molecular weight excluding hydrogens is 455 g/mol. The highest BCUT2D eigenvalue weighted by Gasteiger charge is 2.07. The fraction of sp³-hybridized carbons (Fsp3) is 0.143. The van der Waals surface area contributed by atoms with Crippen molar-refractivity contribution in [3.05, 3.63) is 81.2 Å². The molecule has 3 aromatic rings. The van der Waals surface area contributed by atoms with Gasteiger partial charge in [-0.1, -0.05) is 12.1 Å². The van der Waals surface area contributed by atoms with Gasteiger partial charge in [-0.25, -0.2) is 0 Å². The minimum absolute atomic E-state index is 0.0874. The van der Waals surface area contributed by atoms with Gasteiger partial charge in [-0.2, -0.15) is 5.10 Å². The van der Waals surface area contributed by atoms with Crippen molar-refractivity contribution in [2.24, 2.45) is 7.05 Å². The molecule has 0 aliphatic carbocycles. The Morgan fingerprint density at radius 1 is 1.22 bits per heavy atom. The van der Waals surface area contributed by atoms with Crippen molar-refractivity contribution in [3.8, 4) is 11.5 Å². The van der Waals surface area contributed by atoms with Crippen LogP contribution in [0.25, 0.3) is 6.08 Å². The number of hydrogen-bond donors (Lipinski definition) is 0. The molecule has 2 aromatic carbocycles. The molecule has 0 aliphatic rings. The lowest BCUT2D eigenvalue weighted by atomic mass is 10.1. The largest absolute Gasteiger partial charge is 0.496 e. The number of hydrogen-bond acceptors (Lipinski definition) is 4. The molecule has 27 heavy (non-hydrogen) atoms. The van der Waals surface area contributed by atoms with E-state index in [-0.39, 0.29) is 5.78 Å². The van der Waals surface area contributed by atoms with Crippen LogP contribution in [0.1, 0.15) is 21.5 Å². The van der Waals surface area contributed by atoms with Crippen LogP contribution in [-0.4, -0.2) is 22.7 Å². The Bertz CT molecular complexity index is 962. The smallest absolute Gasteiger partial charge is 0.189 e.